The van der Waals surface area contributed by atoms with Crippen molar-refractivity contribution in [2.75, 3.05) is 12.0 Å². The standard InChI is InChI=1S/C16H19BrN2O2/c1-10-2-7-13-14(8-10)16(21)19(15(13)20)9-18-12-5-3-11(17)4-6-12/h3-6,10,13-14,18H,2,7-9H2,1H3/t10-,13+,14+/m1/s1. The number of carbonyl (C=O) groups excluding carboxylic acids is 2. The minimum Gasteiger partial charge on any atom is -0.367 e. The monoisotopic (exact) mass is 350 g/mol. The highest BCUT2D eigenvalue weighted by Gasteiger charge is 2.49. The number of amides is 2. The van der Waals surface area contributed by atoms with Gasteiger partial charge in [0.2, 0.25) is 11.8 Å². The van der Waals surface area contributed by atoms with E-state index in [1.54, 1.807) is 0 Å². The maximum Gasteiger partial charge on any atom is 0.234 e. The molecule has 3 atom stereocenters. The van der Waals surface area contributed by atoms with E-state index in [0.717, 1.165) is 29.4 Å². The molecule has 2 fully saturated rings. The van der Waals surface area contributed by atoms with Crippen LogP contribution in [-0.4, -0.2) is 23.4 Å². The van der Waals surface area contributed by atoms with Gasteiger partial charge < -0.3 is 5.32 Å². The van der Waals surface area contributed by atoms with Gasteiger partial charge in [-0.15, -0.1) is 0 Å². The zero-order chi connectivity index (χ0) is 15.0. The molecule has 1 N–H and O–H groups in total. The molecule has 1 saturated heterocycles. The summed E-state index contributed by atoms with van der Waals surface area (Å²) < 4.78 is 1.00. The number of imide groups is 1. The van der Waals surface area contributed by atoms with Crippen molar-refractivity contribution < 1.29 is 9.59 Å². The molecule has 2 amide bonds. The summed E-state index contributed by atoms with van der Waals surface area (Å²) in [6, 6.07) is 7.70. The predicted molar refractivity (Wildman–Crippen MR) is 84.5 cm³/mol. The van der Waals surface area contributed by atoms with Gasteiger partial charge in [0.15, 0.2) is 0 Å². The molecular formula is C16H19BrN2O2. The molecule has 0 radical (unpaired) electrons. The van der Waals surface area contributed by atoms with E-state index in [1.807, 2.05) is 24.3 Å². The van der Waals surface area contributed by atoms with Crippen LogP contribution in [0.2, 0.25) is 0 Å². The van der Waals surface area contributed by atoms with Gasteiger partial charge in [0.05, 0.1) is 18.5 Å². The topological polar surface area (TPSA) is 49.4 Å². The molecule has 1 aliphatic carbocycles. The highest BCUT2D eigenvalue weighted by atomic mass is 79.9. The predicted octanol–water partition coefficient (Wildman–Crippen LogP) is 3.24. The molecule has 2 aliphatic rings. The summed E-state index contributed by atoms with van der Waals surface area (Å²) in [7, 11) is 0. The van der Waals surface area contributed by atoms with E-state index in [0.29, 0.717) is 5.92 Å². The third-order valence-corrected chi connectivity index (χ3v) is 5.09. The largest absolute Gasteiger partial charge is 0.367 e. The van der Waals surface area contributed by atoms with Crippen LogP contribution in [0.25, 0.3) is 0 Å². The van der Waals surface area contributed by atoms with Gasteiger partial charge in [0, 0.05) is 10.2 Å². The second-order valence-electron chi connectivity index (χ2n) is 6.08. The molecule has 0 unspecified atom stereocenters. The van der Waals surface area contributed by atoms with E-state index in [-0.39, 0.29) is 30.3 Å². The first-order valence-corrected chi connectivity index (χ1v) is 8.20. The molecule has 112 valence electrons. The minimum atomic E-state index is -0.0898. The summed E-state index contributed by atoms with van der Waals surface area (Å²) in [5.41, 5.74) is 0.905. The molecule has 5 heteroatoms. The lowest BCUT2D eigenvalue weighted by atomic mass is 9.76. The van der Waals surface area contributed by atoms with Gasteiger partial charge in [-0.2, -0.15) is 0 Å². The highest BCUT2D eigenvalue weighted by molar-refractivity contribution is 9.10. The Hall–Kier alpha value is -1.36. The number of nitrogens with zero attached hydrogens (tertiary/aromatic N) is 1. The van der Waals surface area contributed by atoms with E-state index in [9.17, 15) is 9.59 Å². The Kier molecular flexibility index (Phi) is 4.02. The molecule has 21 heavy (non-hydrogen) atoms. The quantitative estimate of drug-likeness (QED) is 0.851. The van der Waals surface area contributed by atoms with Gasteiger partial charge in [0.25, 0.3) is 0 Å². The summed E-state index contributed by atoms with van der Waals surface area (Å²) in [4.78, 5) is 26.2. The van der Waals surface area contributed by atoms with Crippen molar-refractivity contribution in [2.24, 2.45) is 17.8 Å². The van der Waals surface area contributed by atoms with Gasteiger partial charge >= 0.3 is 0 Å². The van der Waals surface area contributed by atoms with Crippen LogP contribution in [0, 0.1) is 17.8 Å². The summed E-state index contributed by atoms with van der Waals surface area (Å²) in [6.45, 7) is 2.43. The van der Waals surface area contributed by atoms with Crippen molar-refractivity contribution in [1.29, 1.82) is 0 Å². The fraction of sp³-hybridized carbons (Fsp3) is 0.500. The first-order valence-electron chi connectivity index (χ1n) is 7.41. The minimum absolute atomic E-state index is 0.00108. The summed E-state index contributed by atoms with van der Waals surface area (Å²) in [5, 5.41) is 3.16. The first kappa shape index (κ1) is 14.6. The number of rotatable bonds is 3. The SMILES string of the molecule is C[C@@H]1CC[C@@H]2C(=O)N(CNc3ccc(Br)cc3)C(=O)[C@H]2C1. The van der Waals surface area contributed by atoms with Crippen LogP contribution < -0.4 is 5.32 Å². The number of carbonyl (C=O) groups is 2. The van der Waals surface area contributed by atoms with E-state index in [2.05, 4.69) is 28.2 Å². The highest BCUT2D eigenvalue weighted by Crippen LogP contribution is 2.40. The molecule has 1 aromatic rings. The number of fused-ring (bicyclic) bond motifs is 1. The van der Waals surface area contributed by atoms with Gasteiger partial charge in [-0.1, -0.05) is 22.9 Å². The molecule has 1 aromatic carbocycles. The third-order valence-electron chi connectivity index (χ3n) is 4.56. The Labute approximate surface area is 133 Å². The molecule has 1 aliphatic heterocycles. The molecule has 1 saturated carbocycles. The van der Waals surface area contributed by atoms with Crippen molar-refractivity contribution in [2.45, 2.75) is 26.2 Å². The Bertz CT molecular complexity index is 558. The second kappa shape index (κ2) is 5.79. The smallest absolute Gasteiger partial charge is 0.234 e. The van der Waals surface area contributed by atoms with Crippen molar-refractivity contribution in [3.63, 3.8) is 0 Å². The van der Waals surface area contributed by atoms with Gasteiger partial charge in [-0.25, -0.2) is 0 Å². The lowest BCUT2D eigenvalue weighted by molar-refractivity contribution is -0.139. The lowest BCUT2D eigenvalue weighted by Crippen LogP contribution is -2.35. The van der Waals surface area contributed by atoms with Crippen molar-refractivity contribution in [3.05, 3.63) is 28.7 Å². The number of halogens is 1. The number of hydrogen-bond donors (Lipinski definition) is 1. The summed E-state index contributed by atoms with van der Waals surface area (Å²) in [5.74, 6) is 0.374. The van der Waals surface area contributed by atoms with E-state index in [1.165, 1.54) is 4.90 Å². The van der Waals surface area contributed by atoms with Crippen molar-refractivity contribution >= 4 is 33.4 Å². The molecule has 1 heterocycles. The molecular weight excluding hydrogens is 332 g/mol. The normalized spacial score (nSPS) is 28.7. The van der Waals surface area contributed by atoms with E-state index >= 15 is 0 Å². The third kappa shape index (κ3) is 2.84. The number of benzene rings is 1. The van der Waals surface area contributed by atoms with Crippen LogP contribution in [0.3, 0.4) is 0 Å². The Morgan fingerprint density at radius 1 is 1.14 bits per heavy atom. The number of likely N-dealkylation sites (tertiary alicyclic amines) is 1. The van der Waals surface area contributed by atoms with E-state index in [4.69, 9.17) is 0 Å². The first-order chi connectivity index (χ1) is 10.1. The maximum atomic E-state index is 12.4. The number of nitrogens with one attached hydrogen (secondary N) is 1. The Morgan fingerprint density at radius 3 is 2.52 bits per heavy atom. The molecule has 3 rings (SSSR count). The molecule has 0 aromatic heterocycles. The zero-order valence-electron chi connectivity index (χ0n) is 12.0. The van der Waals surface area contributed by atoms with Crippen LogP contribution in [0.5, 0.6) is 0 Å². The molecule has 4 nitrogen and oxygen atoms in total. The lowest BCUT2D eigenvalue weighted by Gasteiger charge is -2.25. The average molecular weight is 351 g/mol. The Balaban J connectivity index is 1.67. The summed E-state index contributed by atoms with van der Waals surface area (Å²) >= 11 is 3.38. The fourth-order valence-corrected chi connectivity index (χ4v) is 3.62. The fourth-order valence-electron chi connectivity index (χ4n) is 3.35. The van der Waals surface area contributed by atoms with Crippen LogP contribution in [0.4, 0.5) is 5.69 Å². The van der Waals surface area contributed by atoms with Crippen LogP contribution >= 0.6 is 15.9 Å². The van der Waals surface area contributed by atoms with Gasteiger partial charge in [-0.05, 0) is 49.4 Å². The van der Waals surface area contributed by atoms with Crippen LogP contribution in [0.15, 0.2) is 28.7 Å². The second-order valence-corrected chi connectivity index (χ2v) is 6.99. The zero-order valence-corrected chi connectivity index (χ0v) is 13.6. The van der Waals surface area contributed by atoms with Crippen molar-refractivity contribution in [3.8, 4) is 0 Å². The van der Waals surface area contributed by atoms with E-state index < -0.39 is 0 Å². The molecule has 0 bridgehead atoms. The number of anilines is 1. The average Bonchev–Trinajstić information content (AvgIpc) is 2.70. The Morgan fingerprint density at radius 2 is 1.81 bits per heavy atom. The summed E-state index contributed by atoms with van der Waals surface area (Å²) in [6.07, 6.45) is 2.75. The molecule has 0 spiro atoms. The van der Waals surface area contributed by atoms with Crippen molar-refractivity contribution in [1.82, 2.24) is 4.90 Å². The van der Waals surface area contributed by atoms with Gasteiger partial charge in [-0.3, -0.25) is 14.5 Å². The van der Waals surface area contributed by atoms with Gasteiger partial charge in [0.1, 0.15) is 0 Å². The number of hydrogen-bond acceptors (Lipinski definition) is 3. The van der Waals surface area contributed by atoms with Crippen LogP contribution in [0.1, 0.15) is 26.2 Å². The van der Waals surface area contributed by atoms with Crippen LogP contribution in [-0.2, 0) is 9.59 Å². The maximum absolute atomic E-state index is 12.4.